The molecule has 0 atom stereocenters. The molecule has 10 nitrogen and oxygen atoms in total. The van der Waals surface area contributed by atoms with Crippen LogP contribution in [-0.4, -0.2) is 34.5 Å². The Bertz CT molecular complexity index is 979. The van der Waals surface area contributed by atoms with Gasteiger partial charge in [0.2, 0.25) is 0 Å². The van der Waals surface area contributed by atoms with E-state index < -0.39 is 32.8 Å². The van der Waals surface area contributed by atoms with Crippen molar-refractivity contribution in [1.82, 2.24) is 10.6 Å². The van der Waals surface area contributed by atoms with Crippen molar-refractivity contribution in [3.05, 3.63) is 89.6 Å². The number of ketones is 2. The van der Waals surface area contributed by atoms with Gasteiger partial charge < -0.3 is 10.6 Å². The molecule has 179 valence electrons. The van der Waals surface area contributed by atoms with Gasteiger partial charge in [-0.1, -0.05) is 0 Å². The van der Waals surface area contributed by atoms with Crippen LogP contribution in [0.2, 0.25) is 0 Å². The van der Waals surface area contributed by atoms with Crippen LogP contribution in [0.3, 0.4) is 0 Å². The molecule has 33 heavy (non-hydrogen) atoms. The zero-order valence-electron chi connectivity index (χ0n) is 18.8. The minimum Gasteiger partial charge on any atom is -0.388 e. The van der Waals surface area contributed by atoms with E-state index in [4.69, 9.17) is 0 Å². The molecule has 0 amide bonds. The van der Waals surface area contributed by atoms with Gasteiger partial charge in [-0.25, -0.2) is 0 Å². The Morgan fingerprint density at radius 1 is 0.758 bits per heavy atom. The SMILES string of the molecule is CC1=C/C(=C(\C)NCCCCN/C(C)=C2/C=C(C)C=C([N+](=O)[O-])C2=O)C(=O)C([N+](=O)[O-])=C1.[Co]. The predicted molar refractivity (Wildman–Crippen MR) is 118 cm³/mol. The number of hydrogen-bond acceptors (Lipinski definition) is 8. The first-order valence-corrected chi connectivity index (χ1v) is 10.1. The molecule has 0 unspecified atom stereocenters. The van der Waals surface area contributed by atoms with Crippen LogP contribution in [0, 0.1) is 20.2 Å². The summed E-state index contributed by atoms with van der Waals surface area (Å²) in [7, 11) is 0. The monoisotopic (exact) mass is 501 g/mol. The second-order valence-electron chi connectivity index (χ2n) is 7.65. The molecular weight excluding hydrogens is 475 g/mol. The molecule has 0 saturated heterocycles. The number of nitro groups is 2. The van der Waals surface area contributed by atoms with Crippen LogP contribution in [0.25, 0.3) is 0 Å². The Morgan fingerprint density at radius 3 is 1.39 bits per heavy atom. The average molecular weight is 501 g/mol. The number of unbranched alkanes of at least 4 members (excludes halogenated alkanes) is 1. The average Bonchev–Trinajstić information content (AvgIpc) is 2.72. The number of nitrogens with zero attached hydrogens (tertiary/aromatic N) is 2. The summed E-state index contributed by atoms with van der Waals surface area (Å²) >= 11 is 0. The molecule has 1 radical (unpaired) electrons. The molecule has 0 aromatic heterocycles. The molecule has 2 N–H and O–H groups in total. The molecule has 0 bridgehead atoms. The molecule has 0 aromatic rings. The molecule has 0 spiro atoms. The van der Waals surface area contributed by atoms with Crippen molar-refractivity contribution in [3.8, 4) is 0 Å². The second kappa shape index (κ2) is 12.1. The summed E-state index contributed by atoms with van der Waals surface area (Å²) in [6, 6.07) is 0. The number of Topliss-reactive ketones (excluding diaryl/α,β-unsaturated/α-hetero) is 2. The van der Waals surface area contributed by atoms with Gasteiger partial charge in [0.25, 0.3) is 11.6 Å². The van der Waals surface area contributed by atoms with E-state index in [1.807, 2.05) is 0 Å². The van der Waals surface area contributed by atoms with Crippen molar-refractivity contribution >= 4 is 11.6 Å². The molecule has 2 rings (SSSR count). The molecule has 11 heteroatoms. The van der Waals surface area contributed by atoms with Crippen LogP contribution < -0.4 is 10.6 Å². The number of carbonyl (C=O) groups is 2. The first kappa shape index (κ1) is 27.7. The number of carbonyl (C=O) groups excluding carboxylic acids is 2. The minimum atomic E-state index is -0.674. The van der Waals surface area contributed by atoms with Crippen LogP contribution in [0.4, 0.5) is 0 Å². The molecule has 0 aromatic carbocycles. The second-order valence-corrected chi connectivity index (χ2v) is 7.65. The van der Waals surface area contributed by atoms with Crippen LogP contribution in [0.15, 0.2) is 69.4 Å². The molecule has 0 fully saturated rings. The van der Waals surface area contributed by atoms with Gasteiger partial charge in [-0.15, -0.1) is 0 Å². The molecule has 2 aliphatic carbocycles. The maximum atomic E-state index is 12.3. The Balaban J connectivity index is 0.00000544. The largest absolute Gasteiger partial charge is 0.388 e. The van der Waals surface area contributed by atoms with Crippen molar-refractivity contribution in [2.75, 3.05) is 13.1 Å². The standard InChI is InChI=1S/C22H26N4O6.Co/c1-13-9-17(21(27)19(11-13)25(29)30)15(3)23-7-5-6-8-24-16(4)18-10-14(2)12-20(22(18)28)26(31)32;/h9-12,23-24H,5-8H2,1-4H3;/b17-15-,18-16-;. The maximum absolute atomic E-state index is 12.3. The minimum absolute atomic E-state index is 0. The fraction of sp³-hybridized carbons (Fsp3) is 0.364. The zero-order valence-corrected chi connectivity index (χ0v) is 19.9. The van der Waals surface area contributed by atoms with Crippen molar-refractivity contribution in [3.63, 3.8) is 0 Å². The van der Waals surface area contributed by atoms with E-state index in [1.165, 1.54) is 12.2 Å². The number of nitrogens with one attached hydrogen (secondary N) is 2. The van der Waals surface area contributed by atoms with Crippen LogP contribution in [0.1, 0.15) is 40.5 Å². The van der Waals surface area contributed by atoms with Crippen molar-refractivity contribution in [2.24, 2.45) is 0 Å². The van der Waals surface area contributed by atoms with E-state index in [0.29, 0.717) is 35.6 Å². The van der Waals surface area contributed by atoms with E-state index in [9.17, 15) is 29.8 Å². The molecule has 0 saturated carbocycles. The van der Waals surface area contributed by atoms with E-state index >= 15 is 0 Å². The van der Waals surface area contributed by atoms with Gasteiger partial charge in [0.1, 0.15) is 0 Å². The van der Waals surface area contributed by atoms with Gasteiger partial charge in [-0.3, -0.25) is 29.8 Å². The smallest absolute Gasteiger partial charge is 0.317 e. The third kappa shape index (κ3) is 7.09. The third-order valence-electron chi connectivity index (χ3n) is 5.01. The summed E-state index contributed by atoms with van der Waals surface area (Å²) in [6.45, 7) is 7.91. The predicted octanol–water partition coefficient (Wildman–Crippen LogP) is 2.87. The fourth-order valence-corrected chi connectivity index (χ4v) is 3.33. The van der Waals surface area contributed by atoms with Crippen molar-refractivity contribution < 1.29 is 36.2 Å². The summed E-state index contributed by atoms with van der Waals surface area (Å²) in [6.07, 6.45) is 7.24. The summed E-state index contributed by atoms with van der Waals surface area (Å²) < 4.78 is 0. The van der Waals surface area contributed by atoms with Crippen molar-refractivity contribution in [2.45, 2.75) is 40.5 Å². The Hall–Kier alpha value is -3.31. The fourth-order valence-electron chi connectivity index (χ4n) is 3.33. The Morgan fingerprint density at radius 2 is 1.09 bits per heavy atom. The van der Waals surface area contributed by atoms with Gasteiger partial charge in [-0.05, 0) is 63.8 Å². The van der Waals surface area contributed by atoms with E-state index in [0.717, 1.165) is 12.8 Å². The Kier molecular flexibility index (Phi) is 10.1. The molecule has 0 heterocycles. The quantitative estimate of drug-likeness (QED) is 0.212. The van der Waals surface area contributed by atoms with Crippen molar-refractivity contribution in [1.29, 1.82) is 0 Å². The number of rotatable bonds is 9. The normalized spacial score (nSPS) is 18.8. The molecule has 0 aliphatic heterocycles. The van der Waals surface area contributed by atoms with Gasteiger partial charge >= 0.3 is 11.4 Å². The maximum Gasteiger partial charge on any atom is 0.317 e. The summed E-state index contributed by atoms with van der Waals surface area (Å²) in [5.41, 5.74) is 2.09. The van der Waals surface area contributed by atoms with Crippen LogP contribution in [-0.2, 0) is 26.4 Å². The Labute approximate surface area is 201 Å². The number of hydrogen-bond donors (Lipinski definition) is 2. The molecule has 2 aliphatic rings. The third-order valence-corrected chi connectivity index (χ3v) is 5.01. The van der Waals surface area contributed by atoms with Gasteiger partial charge in [0, 0.05) is 64.6 Å². The summed E-state index contributed by atoms with van der Waals surface area (Å²) in [4.78, 5) is 45.3. The van der Waals surface area contributed by atoms with E-state index in [2.05, 4.69) is 10.6 Å². The summed E-state index contributed by atoms with van der Waals surface area (Å²) in [5.74, 6) is -1.23. The van der Waals surface area contributed by atoms with Crippen LogP contribution in [0.5, 0.6) is 0 Å². The van der Waals surface area contributed by atoms with Gasteiger partial charge in [-0.2, -0.15) is 0 Å². The molecular formula is C22H26CoN4O6. The summed E-state index contributed by atoms with van der Waals surface area (Å²) in [5, 5.41) is 28.3. The van der Waals surface area contributed by atoms with Gasteiger partial charge in [0.05, 0.1) is 9.85 Å². The topological polar surface area (TPSA) is 144 Å². The first-order valence-electron chi connectivity index (χ1n) is 10.1. The zero-order chi connectivity index (χ0) is 24.0. The van der Waals surface area contributed by atoms with Crippen LogP contribution >= 0.6 is 0 Å². The first-order chi connectivity index (χ1) is 15.0. The van der Waals surface area contributed by atoms with E-state index in [1.54, 1.807) is 39.8 Å². The van der Waals surface area contributed by atoms with Gasteiger partial charge in [0.15, 0.2) is 0 Å². The number of allylic oxidation sites excluding steroid dienone is 10. The van der Waals surface area contributed by atoms with E-state index in [-0.39, 0.29) is 27.9 Å².